The van der Waals surface area contributed by atoms with Gasteiger partial charge in [0.15, 0.2) is 0 Å². The Hall–Kier alpha value is -0.570. The topological polar surface area (TPSA) is 30.7 Å². The van der Waals surface area contributed by atoms with Crippen molar-refractivity contribution in [2.45, 2.75) is 50.9 Å². The third-order valence-electron chi connectivity index (χ3n) is 5.39. The van der Waals surface area contributed by atoms with Crippen molar-refractivity contribution in [3.05, 3.63) is 11.9 Å². The van der Waals surface area contributed by atoms with E-state index in [1.807, 2.05) is 10.9 Å². The van der Waals surface area contributed by atoms with Crippen molar-refractivity contribution in [2.24, 2.45) is 23.2 Å². The molecule has 0 amide bonds. The molecule has 0 radical (unpaired) electrons. The molecule has 4 fully saturated rings. The summed E-state index contributed by atoms with van der Waals surface area (Å²) >= 11 is 5.80. The molecule has 1 aromatic rings. The summed E-state index contributed by atoms with van der Waals surface area (Å²) in [5, 5.41) is 8.36. The van der Waals surface area contributed by atoms with E-state index in [4.69, 9.17) is 11.6 Å². The van der Waals surface area contributed by atoms with Gasteiger partial charge in [-0.1, -0.05) is 5.21 Å². The first-order chi connectivity index (χ1) is 8.75. The largest absolute Gasteiger partial charge is 0.252 e. The van der Waals surface area contributed by atoms with Gasteiger partial charge in [0, 0.05) is 12.7 Å². The molecule has 0 saturated heterocycles. The smallest absolute Gasteiger partial charge is 0.0974 e. The van der Waals surface area contributed by atoms with Crippen LogP contribution in [0.3, 0.4) is 0 Å². The molecule has 0 aromatic carbocycles. The van der Waals surface area contributed by atoms with Gasteiger partial charge in [0.25, 0.3) is 0 Å². The number of aromatic nitrogens is 3. The molecule has 4 bridgehead atoms. The Morgan fingerprint density at radius 1 is 1.17 bits per heavy atom. The number of rotatable bonds is 3. The highest BCUT2D eigenvalue weighted by Gasteiger charge is 2.50. The van der Waals surface area contributed by atoms with E-state index in [-0.39, 0.29) is 0 Å². The van der Waals surface area contributed by atoms with Crippen LogP contribution in [0, 0.1) is 23.2 Å². The van der Waals surface area contributed by atoms with Crippen molar-refractivity contribution in [1.82, 2.24) is 15.0 Å². The van der Waals surface area contributed by atoms with Crippen molar-refractivity contribution in [3.63, 3.8) is 0 Å². The Morgan fingerprint density at radius 3 is 2.28 bits per heavy atom. The van der Waals surface area contributed by atoms with E-state index >= 15 is 0 Å². The quantitative estimate of drug-likeness (QED) is 0.786. The zero-order valence-corrected chi connectivity index (χ0v) is 11.4. The molecule has 0 N–H and O–H groups in total. The van der Waals surface area contributed by atoms with E-state index in [0.29, 0.717) is 11.3 Å². The van der Waals surface area contributed by atoms with E-state index < -0.39 is 0 Å². The molecular formula is C14H20ClN3. The summed E-state index contributed by atoms with van der Waals surface area (Å²) in [5.41, 5.74) is 1.44. The summed E-state index contributed by atoms with van der Waals surface area (Å²) in [6, 6.07) is 0. The zero-order valence-electron chi connectivity index (χ0n) is 10.7. The molecule has 0 aliphatic heterocycles. The second-order valence-corrected chi connectivity index (χ2v) is 7.23. The fraction of sp³-hybridized carbons (Fsp3) is 0.857. The van der Waals surface area contributed by atoms with Crippen LogP contribution in [-0.2, 0) is 12.4 Å². The minimum Gasteiger partial charge on any atom is -0.252 e. The third-order valence-corrected chi connectivity index (χ3v) is 5.66. The maximum Gasteiger partial charge on any atom is 0.0974 e. The van der Waals surface area contributed by atoms with Crippen LogP contribution >= 0.6 is 11.6 Å². The Kier molecular flexibility index (Phi) is 2.48. The van der Waals surface area contributed by atoms with Gasteiger partial charge >= 0.3 is 0 Å². The molecule has 4 aliphatic carbocycles. The molecule has 0 spiro atoms. The SMILES string of the molecule is ClCc1cn(CC23CC4CC(CC(C4)C2)C3)nn1. The molecule has 1 heterocycles. The van der Waals surface area contributed by atoms with Gasteiger partial charge in [0.1, 0.15) is 0 Å². The summed E-state index contributed by atoms with van der Waals surface area (Å²) in [4.78, 5) is 0. The van der Waals surface area contributed by atoms with E-state index in [2.05, 4.69) is 10.3 Å². The van der Waals surface area contributed by atoms with Crippen molar-refractivity contribution in [1.29, 1.82) is 0 Å². The van der Waals surface area contributed by atoms with Crippen molar-refractivity contribution in [3.8, 4) is 0 Å². The zero-order chi connectivity index (χ0) is 12.2. The van der Waals surface area contributed by atoms with Crippen LogP contribution in [0.25, 0.3) is 0 Å². The molecule has 4 saturated carbocycles. The first kappa shape index (κ1) is 11.3. The number of hydrogen-bond donors (Lipinski definition) is 0. The van der Waals surface area contributed by atoms with Crippen LogP contribution in [0.5, 0.6) is 0 Å². The first-order valence-corrected chi connectivity index (χ1v) is 7.73. The lowest BCUT2D eigenvalue weighted by molar-refractivity contribution is -0.0637. The van der Waals surface area contributed by atoms with Crippen LogP contribution < -0.4 is 0 Å². The van der Waals surface area contributed by atoms with Crippen molar-refractivity contribution in [2.75, 3.05) is 0 Å². The third kappa shape index (κ3) is 1.78. The highest BCUT2D eigenvalue weighted by molar-refractivity contribution is 6.16. The molecule has 4 aliphatic rings. The maximum atomic E-state index is 5.80. The molecule has 18 heavy (non-hydrogen) atoms. The highest BCUT2D eigenvalue weighted by atomic mass is 35.5. The van der Waals surface area contributed by atoms with Gasteiger partial charge in [0.2, 0.25) is 0 Å². The summed E-state index contributed by atoms with van der Waals surface area (Å²) < 4.78 is 2.05. The fourth-order valence-electron chi connectivity index (χ4n) is 5.30. The molecule has 0 unspecified atom stereocenters. The van der Waals surface area contributed by atoms with Gasteiger partial charge in [-0.2, -0.15) is 0 Å². The predicted molar refractivity (Wildman–Crippen MR) is 70.2 cm³/mol. The Morgan fingerprint density at radius 2 is 1.78 bits per heavy atom. The van der Waals surface area contributed by atoms with Crippen molar-refractivity contribution < 1.29 is 0 Å². The summed E-state index contributed by atoms with van der Waals surface area (Å²) in [5.74, 6) is 3.49. The number of nitrogens with zero attached hydrogens (tertiary/aromatic N) is 3. The Labute approximate surface area is 113 Å². The fourth-order valence-corrected chi connectivity index (χ4v) is 5.43. The standard InChI is InChI=1S/C14H20ClN3/c15-7-13-8-18(17-16-13)9-14-4-10-1-11(5-14)3-12(2-10)6-14/h8,10-12H,1-7,9H2. The van der Waals surface area contributed by atoms with Gasteiger partial charge in [-0.25, -0.2) is 0 Å². The lowest BCUT2D eigenvalue weighted by Gasteiger charge is -2.56. The minimum atomic E-state index is 0.473. The summed E-state index contributed by atoms with van der Waals surface area (Å²) in [6.07, 6.45) is 10.8. The Bertz CT molecular complexity index is 418. The first-order valence-electron chi connectivity index (χ1n) is 7.20. The van der Waals surface area contributed by atoms with Crippen LogP contribution in [0.2, 0.25) is 0 Å². The number of alkyl halides is 1. The van der Waals surface area contributed by atoms with Gasteiger partial charge in [-0.05, 0) is 61.7 Å². The van der Waals surface area contributed by atoms with Gasteiger partial charge < -0.3 is 0 Å². The summed E-state index contributed by atoms with van der Waals surface area (Å²) in [7, 11) is 0. The van der Waals surface area contributed by atoms with Crippen LogP contribution in [0.15, 0.2) is 6.20 Å². The minimum absolute atomic E-state index is 0.473. The lowest BCUT2D eigenvalue weighted by atomic mass is 9.49. The Balaban J connectivity index is 1.56. The molecule has 5 rings (SSSR count). The van der Waals surface area contributed by atoms with Gasteiger partial charge in [0.05, 0.1) is 11.6 Å². The predicted octanol–water partition coefficient (Wildman–Crippen LogP) is 3.23. The van der Waals surface area contributed by atoms with E-state index in [1.165, 1.54) is 38.5 Å². The van der Waals surface area contributed by atoms with Crippen molar-refractivity contribution >= 4 is 11.6 Å². The van der Waals surface area contributed by atoms with E-state index in [1.54, 1.807) is 0 Å². The van der Waals surface area contributed by atoms with E-state index in [0.717, 1.165) is 30.0 Å². The van der Waals surface area contributed by atoms with Gasteiger partial charge in [-0.15, -0.1) is 16.7 Å². The molecule has 4 heteroatoms. The highest BCUT2D eigenvalue weighted by Crippen LogP contribution is 2.60. The van der Waals surface area contributed by atoms with Crippen LogP contribution in [0.4, 0.5) is 0 Å². The normalized spacial score (nSPS) is 41.5. The average molecular weight is 266 g/mol. The molecule has 1 aromatic heterocycles. The monoisotopic (exact) mass is 265 g/mol. The van der Waals surface area contributed by atoms with E-state index in [9.17, 15) is 0 Å². The lowest BCUT2D eigenvalue weighted by Crippen LogP contribution is -2.48. The molecule has 98 valence electrons. The average Bonchev–Trinajstić information content (AvgIpc) is 2.74. The van der Waals surface area contributed by atoms with Crippen LogP contribution in [0.1, 0.15) is 44.2 Å². The number of hydrogen-bond acceptors (Lipinski definition) is 2. The maximum absolute atomic E-state index is 5.80. The number of halogens is 1. The molecular weight excluding hydrogens is 246 g/mol. The summed E-state index contributed by atoms with van der Waals surface area (Å²) in [6.45, 7) is 1.07. The van der Waals surface area contributed by atoms with Gasteiger partial charge in [-0.3, -0.25) is 4.68 Å². The second-order valence-electron chi connectivity index (χ2n) is 6.96. The second kappa shape index (κ2) is 3.96. The molecule has 0 atom stereocenters. The molecule has 3 nitrogen and oxygen atoms in total. The van der Waals surface area contributed by atoms with Crippen LogP contribution in [-0.4, -0.2) is 15.0 Å².